The predicted molar refractivity (Wildman–Crippen MR) is 85.8 cm³/mol. The van der Waals surface area contributed by atoms with Crippen LogP contribution in [0.3, 0.4) is 0 Å². The van der Waals surface area contributed by atoms with Gasteiger partial charge < -0.3 is 9.84 Å². The summed E-state index contributed by atoms with van der Waals surface area (Å²) in [5.41, 5.74) is 3.06. The fourth-order valence-electron chi connectivity index (χ4n) is 3.13. The molecule has 1 aliphatic heterocycles. The van der Waals surface area contributed by atoms with E-state index in [1.807, 2.05) is 6.07 Å². The summed E-state index contributed by atoms with van der Waals surface area (Å²) < 4.78 is 4.88. The normalized spacial score (nSPS) is 17.0. The van der Waals surface area contributed by atoms with Gasteiger partial charge in [0.25, 0.3) is 0 Å². The number of carbonyl (C=O) groups is 1. The Bertz CT molecular complexity index is 499. The molecule has 0 amide bonds. The average molecular weight is 305 g/mol. The molecule has 0 spiro atoms. The Morgan fingerprint density at radius 2 is 1.68 bits per heavy atom. The average Bonchev–Trinajstić information content (AvgIpc) is 2.55. The Labute approximate surface area is 132 Å². The molecule has 0 radical (unpaired) electrons. The number of rotatable bonds is 2. The lowest BCUT2D eigenvalue weighted by Crippen LogP contribution is -2.13. The molecular formula is C18H27NO3. The van der Waals surface area contributed by atoms with Crippen LogP contribution in [0.5, 0.6) is 0 Å². The van der Waals surface area contributed by atoms with Crippen LogP contribution in [0, 0.1) is 0 Å². The third-order valence-corrected chi connectivity index (χ3v) is 4.43. The molecule has 22 heavy (non-hydrogen) atoms. The predicted octanol–water partition coefficient (Wildman–Crippen LogP) is 3.58. The van der Waals surface area contributed by atoms with Crippen molar-refractivity contribution in [1.29, 1.82) is 0 Å². The van der Waals surface area contributed by atoms with Crippen molar-refractivity contribution < 1.29 is 14.6 Å². The van der Waals surface area contributed by atoms with Gasteiger partial charge in [0.15, 0.2) is 5.69 Å². The van der Waals surface area contributed by atoms with Crippen molar-refractivity contribution >= 4 is 5.97 Å². The standard InChI is InChI=1S/C18H27NO3/c1-22-18(21)17-14-10-8-6-4-2-3-5-7-9-11-16(19-17)15(12-14)13-20/h12,20H,2-11,13H2,1H3. The Morgan fingerprint density at radius 1 is 1.09 bits per heavy atom. The highest BCUT2D eigenvalue weighted by Gasteiger charge is 2.17. The number of aliphatic hydroxyl groups is 1. The smallest absolute Gasteiger partial charge is 0.356 e. The second-order valence-electron chi connectivity index (χ2n) is 6.08. The van der Waals surface area contributed by atoms with E-state index in [1.165, 1.54) is 45.6 Å². The molecule has 0 saturated carbocycles. The molecule has 1 aromatic heterocycles. The molecule has 0 atom stereocenters. The van der Waals surface area contributed by atoms with Crippen LogP contribution in [0.4, 0.5) is 0 Å². The minimum atomic E-state index is -0.368. The summed E-state index contributed by atoms with van der Waals surface area (Å²) in [5.74, 6) is -0.368. The van der Waals surface area contributed by atoms with Crippen molar-refractivity contribution in [2.45, 2.75) is 70.8 Å². The number of carbonyl (C=O) groups excluding carboxylic acids is 1. The topological polar surface area (TPSA) is 59.4 Å². The highest BCUT2D eigenvalue weighted by Crippen LogP contribution is 2.21. The van der Waals surface area contributed by atoms with E-state index in [0.29, 0.717) is 5.69 Å². The number of nitrogens with zero attached hydrogens (tertiary/aromatic N) is 1. The monoisotopic (exact) mass is 305 g/mol. The summed E-state index contributed by atoms with van der Waals surface area (Å²) in [6, 6.07) is 1.96. The zero-order valence-corrected chi connectivity index (χ0v) is 13.6. The van der Waals surface area contributed by atoms with Crippen LogP contribution >= 0.6 is 0 Å². The lowest BCUT2D eigenvalue weighted by molar-refractivity contribution is 0.0592. The van der Waals surface area contributed by atoms with Gasteiger partial charge in [-0.25, -0.2) is 9.78 Å². The van der Waals surface area contributed by atoms with Gasteiger partial charge in [-0.2, -0.15) is 0 Å². The largest absolute Gasteiger partial charge is 0.464 e. The van der Waals surface area contributed by atoms with E-state index in [-0.39, 0.29) is 12.6 Å². The third kappa shape index (κ3) is 4.54. The number of pyridine rings is 1. The molecule has 0 fully saturated rings. The fraction of sp³-hybridized carbons (Fsp3) is 0.667. The lowest BCUT2D eigenvalue weighted by atomic mass is 9.97. The van der Waals surface area contributed by atoms with Crippen LogP contribution in [0.15, 0.2) is 6.07 Å². The fourth-order valence-corrected chi connectivity index (χ4v) is 3.13. The van der Waals surface area contributed by atoms with Crippen molar-refractivity contribution in [3.8, 4) is 0 Å². The van der Waals surface area contributed by atoms with E-state index in [4.69, 9.17) is 4.74 Å². The van der Waals surface area contributed by atoms with Crippen LogP contribution in [-0.2, 0) is 24.2 Å². The van der Waals surface area contributed by atoms with Crippen molar-refractivity contribution in [3.05, 3.63) is 28.6 Å². The van der Waals surface area contributed by atoms with Crippen molar-refractivity contribution in [2.75, 3.05) is 7.11 Å². The number of methoxy groups -OCH3 is 1. The number of aliphatic hydroxyl groups excluding tert-OH is 1. The second-order valence-corrected chi connectivity index (χ2v) is 6.08. The molecule has 0 saturated heterocycles. The van der Waals surface area contributed by atoms with Gasteiger partial charge in [0, 0.05) is 5.69 Å². The summed E-state index contributed by atoms with van der Waals surface area (Å²) in [7, 11) is 1.39. The molecule has 2 aliphatic rings. The number of aromatic nitrogens is 1. The second kappa shape index (κ2) is 8.89. The number of fused-ring (bicyclic) bond motifs is 11. The summed E-state index contributed by atoms with van der Waals surface area (Å²) in [6.45, 7) is -0.0171. The minimum Gasteiger partial charge on any atom is -0.464 e. The summed E-state index contributed by atoms with van der Waals surface area (Å²) in [4.78, 5) is 16.6. The van der Waals surface area contributed by atoms with Gasteiger partial charge in [-0.1, -0.05) is 38.5 Å². The molecule has 2 bridgehead atoms. The highest BCUT2D eigenvalue weighted by atomic mass is 16.5. The first kappa shape index (κ1) is 16.9. The first-order valence-electron chi connectivity index (χ1n) is 8.47. The van der Waals surface area contributed by atoms with Gasteiger partial charge in [0.2, 0.25) is 0 Å². The molecule has 1 N–H and O–H groups in total. The van der Waals surface area contributed by atoms with E-state index in [2.05, 4.69) is 4.98 Å². The molecule has 122 valence electrons. The van der Waals surface area contributed by atoms with Crippen molar-refractivity contribution in [1.82, 2.24) is 4.98 Å². The number of hydrogen-bond donors (Lipinski definition) is 1. The molecule has 0 unspecified atom stereocenters. The number of ether oxygens (including phenoxy) is 1. The minimum absolute atomic E-state index is 0.0171. The van der Waals surface area contributed by atoms with Gasteiger partial charge in [-0.3, -0.25) is 0 Å². The van der Waals surface area contributed by atoms with E-state index in [9.17, 15) is 9.90 Å². The molecule has 1 aromatic rings. The molecule has 2 heterocycles. The summed E-state index contributed by atoms with van der Waals surface area (Å²) in [5, 5.41) is 9.61. The van der Waals surface area contributed by atoms with Gasteiger partial charge in [0.1, 0.15) is 0 Å². The Balaban J connectivity index is 2.32. The quantitative estimate of drug-likeness (QED) is 0.848. The van der Waals surface area contributed by atoms with Gasteiger partial charge >= 0.3 is 5.97 Å². The number of hydrogen-bond acceptors (Lipinski definition) is 4. The first-order chi connectivity index (χ1) is 10.8. The zero-order chi connectivity index (χ0) is 15.8. The summed E-state index contributed by atoms with van der Waals surface area (Å²) in [6.07, 6.45) is 11.2. The van der Waals surface area contributed by atoms with E-state index < -0.39 is 0 Å². The Kier molecular flexibility index (Phi) is 6.84. The van der Waals surface area contributed by atoms with Crippen molar-refractivity contribution in [2.24, 2.45) is 0 Å². The molecule has 1 aliphatic carbocycles. The Morgan fingerprint density at radius 3 is 2.27 bits per heavy atom. The van der Waals surface area contributed by atoms with E-state index >= 15 is 0 Å². The first-order valence-corrected chi connectivity index (χ1v) is 8.47. The number of aryl methyl sites for hydroxylation is 2. The van der Waals surface area contributed by atoms with Crippen LogP contribution in [0.25, 0.3) is 0 Å². The van der Waals surface area contributed by atoms with Crippen LogP contribution in [0.2, 0.25) is 0 Å². The maximum Gasteiger partial charge on any atom is 0.356 e. The van der Waals surface area contributed by atoms with Crippen LogP contribution in [-0.4, -0.2) is 23.2 Å². The highest BCUT2D eigenvalue weighted by molar-refractivity contribution is 5.89. The van der Waals surface area contributed by atoms with Crippen molar-refractivity contribution in [3.63, 3.8) is 0 Å². The molecule has 0 aromatic carbocycles. The maximum absolute atomic E-state index is 12.0. The molecule has 4 nitrogen and oxygen atoms in total. The molecule has 3 rings (SSSR count). The SMILES string of the molecule is COC(=O)c1nc2c(CO)cc1CCCCCCCCCC2. The van der Waals surface area contributed by atoms with Gasteiger partial charge in [-0.05, 0) is 42.9 Å². The van der Waals surface area contributed by atoms with Crippen LogP contribution in [0.1, 0.15) is 78.7 Å². The van der Waals surface area contributed by atoms with E-state index in [1.54, 1.807) is 0 Å². The zero-order valence-electron chi connectivity index (χ0n) is 13.6. The van der Waals surface area contributed by atoms with E-state index in [0.717, 1.165) is 42.5 Å². The summed E-state index contributed by atoms with van der Waals surface area (Å²) >= 11 is 0. The van der Waals surface area contributed by atoms with Crippen LogP contribution < -0.4 is 0 Å². The van der Waals surface area contributed by atoms with Gasteiger partial charge in [-0.15, -0.1) is 0 Å². The van der Waals surface area contributed by atoms with Gasteiger partial charge in [0.05, 0.1) is 13.7 Å². The number of esters is 1. The maximum atomic E-state index is 12.0. The molecule has 4 heteroatoms. The third-order valence-electron chi connectivity index (χ3n) is 4.43. The molecular weight excluding hydrogens is 278 g/mol. The Hall–Kier alpha value is -1.42. The lowest BCUT2D eigenvalue weighted by Gasteiger charge is -2.14.